The summed E-state index contributed by atoms with van der Waals surface area (Å²) < 4.78 is 9.15. The lowest BCUT2D eigenvalue weighted by Gasteiger charge is -2.01. The molecule has 0 atom stereocenters. The minimum atomic E-state index is -0.694. The Morgan fingerprint density at radius 2 is 2.11 bits per heavy atom. The highest BCUT2D eigenvalue weighted by Gasteiger charge is 2.08. The van der Waals surface area contributed by atoms with E-state index in [9.17, 15) is 14.7 Å². The smallest absolute Gasteiger partial charge is 0.384 e. The molecule has 0 saturated heterocycles. The number of aromatic hydroxyl groups is 1. The van der Waals surface area contributed by atoms with Crippen LogP contribution < -0.4 is 0 Å². The Morgan fingerprint density at radius 1 is 1.39 bits per heavy atom. The third-order valence-electron chi connectivity index (χ3n) is 1.99. The minimum Gasteiger partial charge on any atom is -0.507 e. The van der Waals surface area contributed by atoms with Gasteiger partial charge in [-0.1, -0.05) is 5.92 Å². The average molecular weight is 248 g/mol. The molecule has 0 aliphatic rings. The van der Waals surface area contributed by atoms with E-state index in [2.05, 4.69) is 21.3 Å². The van der Waals surface area contributed by atoms with Crippen LogP contribution >= 0.6 is 0 Å². The van der Waals surface area contributed by atoms with E-state index in [1.165, 1.54) is 25.3 Å². The van der Waals surface area contributed by atoms with Crippen molar-refractivity contribution >= 4 is 11.9 Å². The van der Waals surface area contributed by atoms with E-state index in [1.807, 2.05) is 0 Å². The fraction of sp³-hybridized carbons (Fsp3) is 0.231. The predicted molar refractivity (Wildman–Crippen MR) is 63.0 cm³/mol. The second-order valence-corrected chi connectivity index (χ2v) is 3.19. The van der Waals surface area contributed by atoms with Crippen molar-refractivity contribution in [2.45, 2.75) is 6.92 Å². The Hall–Kier alpha value is -2.48. The average Bonchev–Trinajstić information content (AvgIpc) is 2.37. The van der Waals surface area contributed by atoms with Crippen molar-refractivity contribution in [2.75, 3.05) is 13.7 Å². The highest BCUT2D eigenvalue weighted by molar-refractivity contribution is 5.91. The van der Waals surface area contributed by atoms with E-state index in [0.29, 0.717) is 0 Å². The van der Waals surface area contributed by atoms with Gasteiger partial charge in [-0.3, -0.25) is 0 Å². The summed E-state index contributed by atoms with van der Waals surface area (Å²) in [5.74, 6) is 3.27. The number of hydrogen-bond donors (Lipinski definition) is 1. The van der Waals surface area contributed by atoms with Crippen LogP contribution in [0.5, 0.6) is 5.75 Å². The lowest BCUT2D eigenvalue weighted by atomic mass is 10.1. The van der Waals surface area contributed by atoms with Gasteiger partial charge in [-0.15, -0.1) is 0 Å². The monoisotopic (exact) mass is 248 g/mol. The van der Waals surface area contributed by atoms with Crippen molar-refractivity contribution in [1.29, 1.82) is 0 Å². The minimum absolute atomic E-state index is 0.126. The lowest BCUT2D eigenvalue weighted by molar-refractivity contribution is -0.136. The Kier molecular flexibility index (Phi) is 4.76. The number of methoxy groups -OCH3 is 1. The fourth-order valence-corrected chi connectivity index (χ4v) is 1.17. The zero-order chi connectivity index (χ0) is 13.5. The molecule has 1 rings (SSSR count). The van der Waals surface area contributed by atoms with Crippen molar-refractivity contribution in [3.8, 4) is 17.6 Å². The van der Waals surface area contributed by atoms with Crippen LogP contribution in [-0.2, 0) is 14.3 Å². The Bertz CT molecular complexity index is 522. The van der Waals surface area contributed by atoms with Crippen LogP contribution in [0.1, 0.15) is 22.8 Å². The van der Waals surface area contributed by atoms with Crippen LogP contribution in [0.4, 0.5) is 0 Å². The van der Waals surface area contributed by atoms with Gasteiger partial charge in [0.15, 0.2) is 0 Å². The molecule has 5 nitrogen and oxygen atoms in total. The molecule has 0 spiro atoms. The first-order valence-corrected chi connectivity index (χ1v) is 5.18. The zero-order valence-corrected chi connectivity index (χ0v) is 10.0. The molecule has 0 bridgehead atoms. The number of hydrogen-bond acceptors (Lipinski definition) is 5. The third-order valence-corrected chi connectivity index (χ3v) is 1.99. The molecule has 94 valence electrons. The third kappa shape index (κ3) is 3.52. The van der Waals surface area contributed by atoms with Gasteiger partial charge >= 0.3 is 11.9 Å². The summed E-state index contributed by atoms with van der Waals surface area (Å²) in [5.41, 5.74) is 0.398. The molecule has 0 radical (unpaired) electrons. The first-order chi connectivity index (χ1) is 8.58. The molecular formula is C13H12O5. The maximum absolute atomic E-state index is 11.3. The molecule has 1 N–H and O–H groups in total. The van der Waals surface area contributed by atoms with Crippen LogP contribution in [0.3, 0.4) is 0 Å². The van der Waals surface area contributed by atoms with Crippen molar-refractivity contribution in [3.05, 3.63) is 29.3 Å². The quantitative estimate of drug-likeness (QED) is 0.626. The number of carbonyl (C=O) groups is 2. The molecule has 0 fully saturated rings. The summed E-state index contributed by atoms with van der Waals surface area (Å²) >= 11 is 0. The maximum Gasteiger partial charge on any atom is 0.384 e. The maximum atomic E-state index is 11.3. The van der Waals surface area contributed by atoms with E-state index in [0.717, 1.165) is 0 Å². The van der Waals surface area contributed by atoms with Gasteiger partial charge in [0.25, 0.3) is 0 Å². The summed E-state index contributed by atoms with van der Waals surface area (Å²) in [7, 11) is 1.25. The van der Waals surface area contributed by atoms with Gasteiger partial charge in [-0.2, -0.15) is 0 Å². The molecule has 0 saturated carbocycles. The van der Waals surface area contributed by atoms with Crippen LogP contribution in [0.25, 0.3) is 0 Å². The van der Waals surface area contributed by atoms with Gasteiger partial charge in [0.1, 0.15) is 5.75 Å². The number of rotatable bonds is 2. The summed E-state index contributed by atoms with van der Waals surface area (Å²) in [6, 6.07) is 4.05. The van der Waals surface area contributed by atoms with Crippen LogP contribution in [-0.4, -0.2) is 30.8 Å². The molecular weight excluding hydrogens is 236 g/mol. The number of esters is 2. The standard InChI is InChI=1S/C13H12O5/c1-3-18-12(15)7-5-9-8-10(13(16)17-2)4-6-11(9)14/h4,6,8,14H,3H2,1-2H3. The van der Waals surface area contributed by atoms with Gasteiger partial charge < -0.3 is 14.6 Å². The van der Waals surface area contributed by atoms with E-state index < -0.39 is 11.9 Å². The Morgan fingerprint density at radius 3 is 2.72 bits per heavy atom. The second-order valence-electron chi connectivity index (χ2n) is 3.19. The molecule has 18 heavy (non-hydrogen) atoms. The first-order valence-electron chi connectivity index (χ1n) is 5.18. The Labute approximate surface area is 104 Å². The number of carbonyl (C=O) groups excluding carboxylic acids is 2. The van der Waals surface area contributed by atoms with E-state index in [4.69, 9.17) is 0 Å². The van der Waals surface area contributed by atoms with Gasteiger partial charge in [-0.25, -0.2) is 9.59 Å². The van der Waals surface area contributed by atoms with Crippen LogP contribution in [0, 0.1) is 11.8 Å². The number of benzene rings is 1. The normalized spacial score (nSPS) is 9.00. The van der Waals surface area contributed by atoms with Gasteiger partial charge in [-0.05, 0) is 25.1 Å². The highest BCUT2D eigenvalue weighted by atomic mass is 16.5. The molecule has 0 aliphatic carbocycles. The van der Waals surface area contributed by atoms with E-state index >= 15 is 0 Å². The van der Waals surface area contributed by atoms with Gasteiger partial charge in [0.2, 0.25) is 0 Å². The number of phenols is 1. The molecule has 5 heteroatoms. The van der Waals surface area contributed by atoms with Gasteiger partial charge in [0.05, 0.1) is 24.8 Å². The van der Waals surface area contributed by atoms with Crippen LogP contribution in [0.2, 0.25) is 0 Å². The van der Waals surface area contributed by atoms with Crippen molar-refractivity contribution < 1.29 is 24.2 Å². The fourth-order valence-electron chi connectivity index (χ4n) is 1.17. The van der Waals surface area contributed by atoms with Crippen molar-refractivity contribution in [2.24, 2.45) is 0 Å². The summed E-state index contributed by atoms with van der Waals surface area (Å²) in [4.78, 5) is 22.3. The molecule has 0 unspecified atom stereocenters. The molecule has 1 aromatic carbocycles. The predicted octanol–water partition coefficient (Wildman–Crippen LogP) is 1.09. The zero-order valence-electron chi connectivity index (χ0n) is 10.0. The Balaban J connectivity index is 3.01. The lowest BCUT2D eigenvalue weighted by Crippen LogP contribution is -2.02. The largest absolute Gasteiger partial charge is 0.507 e. The number of phenolic OH excluding ortho intramolecular Hbond substituents is 1. The topological polar surface area (TPSA) is 72.8 Å². The summed E-state index contributed by atoms with van der Waals surface area (Å²) in [6.07, 6.45) is 0. The summed E-state index contributed by atoms with van der Waals surface area (Å²) in [5, 5.41) is 9.53. The SMILES string of the molecule is CCOC(=O)C#Cc1cc(C(=O)OC)ccc1O. The molecule has 0 aliphatic heterocycles. The summed E-state index contributed by atoms with van der Waals surface area (Å²) in [6.45, 7) is 1.89. The second kappa shape index (κ2) is 6.30. The van der Waals surface area contributed by atoms with E-state index in [-0.39, 0.29) is 23.5 Å². The first kappa shape index (κ1) is 13.6. The van der Waals surface area contributed by atoms with Crippen molar-refractivity contribution in [1.82, 2.24) is 0 Å². The number of ether oxygens (including phenoxy) is 2. The van der Waals surface area contributed by atoms with Crippen LogP contribution in [0.15, 0.2) is 18.2 Å². The molecule has 0 amide bonds. The van der Waals surface area contributed by atoms with Gasteiger partial charge in [0, 0.05) is 5.92 Å². The molecule has 0 aromatic heterocycles. The van der Waals surface area contributed by atoms with Crippen molar-refractivity contribution in [3.63, 3.8) is 0 Å². The van der Waals surface area contributed by atoms with E-state index in [1.54, 1.807) is 6.92 Å². The molecule has 1 aromatic rings. The molecule has 0 heterocycles. The highest BCUT2D eigenvalue weighted by Crippen LogP contribution is 2.17.